The van der Waals surface area contributed by atoms with Gasteiger partial charge in [0.1, 0.15) is 10.8 Å². The molecule has 0 N–H and O–H groups in total. The summed E-state index contributed by atoms with van der Waals surface area (Å²) < 4.78 is 5.65. The number of thiazole rings is 1. The summed E-state index contributed by atoms with van der Waals surface area (Å²) in [6.45, 7) is 0.670. The number of aromatic nitrogens is 1. The molecule has 1 aliphatic rings. The Morgan fingerprint density at radius 1 is 1.13 bits per heavy atom. The molecule has 8 heteroatoms. The van der Waals surface area contributed by atoms with Gasteiger partial charge in [0.25, 0.3) is 5.91 Å². The van der Waals surface area contributed by atoms with Crippen molar-refractivity contribution in [3.8, 4) is 17.0 Å². The normalized spacial score (nSPS) is 15.7. The van der Waals surface area contributed by atoms with Crippen molar-refractivity contribution < 1.29 is 49.0 Å². The summed E-state index contributed by atoms with van der Waals surface area (Å²) in [5, 5.41) is 13.9. The Kier molecular flexibility index (Phi) is 8.26. The van der Waals surface area contributed by atoms with E-state index in [0.29, 0.717) is 18.0 Å². The van der Waals surface area contributed by atoms with Gasteiger partial charge in [0.05, 0.1) is 17.7 Å². The van der Waals surface area contributed by atoms with Crippen LogP contribution >= 0.6 is 11.3 Å². The molecule has 4 rings (SSSR count). The number of carbonyl (C=O) groups excluding carboxylic acids is 2. The number of carboxylic acids is 1. The maximum absolute atomic E-state index is 12.9. The van der Waals surface area contributed by atoms with Gasteiger partial charge in [-0.15, -0.1) is 11.3 Å². The Morgan fingerprint density at radius 3 is 2.71 bits per heavy atom. The molecule has 0 saturated carbocycles. The molecule has 31 heavy (non-hydrogen) atoms. The van der Waals surface area contributed by atoms with Crippen LogP contribution in [-0.2, 0) is 4.79 Å². The van der Waals surface area contributed by atoms with E-state index in [9.17, 15) is 14.7 Å². The number of carboxylic acid groups (broad SMARTS) is 1. The Morgan fingerprint density at radius 2 is 1.94 bits per heavy atom. The van der Waals surface area contributed by atoms with Gasteiger partial charge >= 0.3 is 29.6 Å². The topological polar surface area (TPSA) is 82.6 Å². The van der Waals surface area contributed by atoms with Crippen LogP contribution in [0.2, 0.25) is 0 Å². The monoisotopic (exact) mass is 444 g/mol. The van der Waals surface area contributed by atoms with Gasteiger partial charge < -0.3 is 19.5 Å². The number of benzene rings is 2. The zero-order valence-electron chi connectivity index (χ0n) is 17.3. The average molecular weight is 444 g/mol. The summed E-state index contributed by atoms with van der Waals surface area (Å²) >= 11 is 1.49. The second kappa shape index (κ2) is 10.9. The van der Waals surface area contributed by atoms with E-state index in [1.54, 1.807) is 12.1 Å². The fraction of sp³-hybridized carbons (Fsp3) is 0.261. The number of para-hydroxylation sites is 1. The number of ether oxygens (including phenoxy) is 1. The van der Waals surface area contributed by atoms with E-state index in [0.717, 1.165) is 29.8 Å². The summed E-state index contributed by atoms with van der Waals surface area (Å²) in [6.07, 6.45) is 2.84. The number of hydrogen-bond acceptors (Lipinski definition) is 6. The largest absolute Gasteiger partial charge is 1.00 e. The first-order valence-corrected chi connectivity index (χ1v) is 10.7. The van der Waals surface area contributed by atoms with Gasteiger partial charge in [0, 0.05) is 17.5 Å². The number of carbonyl (C=O) groups is 2. The van der Waals surface area contributed by atoms with Gasteiger partial charge in [0.15, 0.2) is 6.61 Å². The fourth-order valence-corrected chi connectivity index (χ4v) is 4.58. The van der Waals surface area contributed by atoms with Crippen LogP contribution in [0.25, 0.3) is 11.3 Å². The summed E-state index contributed by atoms with van der Waals surface area (Å²) in [7, 11) is 0. The van der Waals surface area contributed by atoms with Gasteiger partial charge in [-0.05, 0) is 43.0 Å². The van der Waals surface area contributed by atoms with Gasteiger partial charge in [-0.3, -0.25) is 4.79 Å². The molecule has 6 nitrogen and oxygen atoms in total. The minimum atomic E-state index is -1.21. The molecule has 0 spiro atoms. The molecule has 2 aromatic carbocycles. The maximum Gasteiger partial charge on any atom is 1.00 e. The number of likely N-dealkylation sites (tertiary alicyclic amines) is 1. The predicted molar refractivity (Wildman–Crippen MR) is 112 cm³/mol. The summed E-state index contributed by atoms with van der Waals surface area (Å²) in [4.78, 5) is 30.6. The van der Waals surface area contributed by atoms with E-state index in [1.165, 1.54) is 17.4 Å². The Bertz CT molecular complexity index is 1040. The number of amides is 1. The Balaban J connectivity index is 0.00000272. The van der Waals surface area contributed by atoms with Crippen LogP contribution in [0.1, 0.15) is 40.7 Å². The summed E-state index contributed by atoms with van der Waals surface area (Å²) in [5.74, 6) is -0.599. The SMILES string of the molecule is O=C([O-])c1cccc(-c2csc(C3CCCCN3C(=O)COc3ccccc3)n2)c1.[Na+]. The van der Waals surface area contributed by atoms with Crippen LogP contribution in [0.15, 0.2) is 60.0 Å². The molecule has 1 fully saturated rings. The van der Waals surface area contributed by atoms with Crippen molar-refractivity contribution in [2.75, 3.05) is 13.2 Å². The number of piperidine rings is 1. The van der Waals surface area contributed by atoms with Gasteiger partial charge in [-0.25, -0.2) is 4.98 Å². The molecule has 3 aromatic rings. The first-order chi connectivity index (χ1) is 14.6. The zero-order valence-corrected chi connectivity index (χ0v) is 20.1. The average Bonchev–Trinajstić information content (AvgIpc) is 3.28. The molecule has 1 unspecified atom stereocenters. The molecule has 1 atom stereocenters. The quantitative estimate of drug-likeness (QED) is 0.511. The fourth-order valence-electron chi connectivity index (χ4n) is 3.61. The third-order valence-corrected chi connectivity index (χ3v) is 6.08. The van der Waals surface area contributed by atoms with Crippen LogP contribution in [-0.4, -0.2) is 34.9 Å². The second-order valence-corrected chi connectivity index (χ2v) is 8.03. The predicted octanol–water partition coefficient (Wildman–Crippen LogP) is 0.310. The molecule has 0 bridgehead atoms. The van der Waals surface area contributed by atoms with Crippen LogP contribution in [0.5, 0.6) is 5.75 Å². The van der Waals surface area contributed by atoms with Crippen LogP contribution in [0, 0.1) is 0 Å². The van der Waals surface area contributed by atoms with E-state index >= 15 is 0 Å². The van der Waals surface area contributed by atoms with Crippen LogP contribution < -0.4 is 39.4 Å². The smallest absolute Gasteiger partial charge is 0.545 e. The van der Waals surface area contributed by atoms with Crippen molar-refractivity contribution in [1.29, 1.82) is 0 Å². The minimum absolute atomic E-state index is 0. The third-order valence-electron chi connectivity index (χ3n) is 5.13. The number of rotatable bonds is 6. The van der Waals surface area contributed by atoms with E-state index in [-0.39, 0.29) is 53.7 Å². The first kappa shape index (κ1) is 23.5. The molecule has 1 saturated heterocycles. The minimum Gasteiger partial charge on any atom is -0.545 e. The van der Waals surface area contributed by atoms with Crippen molar-refractivity contribution in [2.45, 2.75) is 25.3 Å². The molecule has 0 radical (unpaired) electrons. The maximum atomic E-state index is 12.9. The third kappa shape index (κ3) is 5.74. The Labute approximate surface area is 207 Å². The van der Waals surface area contributed by atoms with Crippen molar-refractivity contribution in [1.82, 2.24) is 9.88 Å². The van der Waals surface area contributed by atoms with Crippen LogP contribution in [0.4, 0.5) is 0 Å². The zero-order chi connectivity index (χ0) is 20.9. The number of hydrogen-bond donors (Lipinski definition) is 0. The van der Waals surface area contributed by atoms with E-state index in [1.807, 2.05) is 46.7 Å². The van der Waals surface area contributed by atoms with Crippen molar-refractivity contribution in [3.63, 3.8) is 0 Å². The van der Waals surface area contributed by atoms with Crippen LogP contribution in [0.3, 0.4) is 0 Å². The second-order valence-electron chi connectivity index (χ2n) is 7.14. The molecule has 2 heterocycles. The molecule has 1 aliphatic heterocycles. The van der Waals surface area contributed by atoms with E-state index < -0.39 is 5.97 Å². The van der Waals surface area contributed by atoms with E-state index in [2.05, 4.69) is 0 Å². The van der Waals surface area contributed by atoms with Gasteiger partial charge in [0.2, 0.25) is 0 Å². The van der Waals surface area contributed by atoms with Crippen molar-refractivity contribution in [2.24, 2.45) is 0 Å². The Hall–Kier alpha value is -2.19. The van der Waals surface area contributed by atoms with Gasteiger partial charge in [-0.1, -0.05) is 36.4 Å². The molecule has 0 aliphatic carbocycles. The number of aromatic carboxylic acids is 1. The van der Waals surface area contributed by atoms with Crippen molar-refractivity contribution in [3.05, 3.63) is 70.5 Å². The standard InChI is InChI=1S/C23H22N2O4S.Na/c26-21(14-29-18-9-2-1-3-10-18)25-12-5-4-11-20(25)22-24-19(15-30-22)16-7-6-8-17(13-16)23(27)28;/h1-3,6-10,13,15,20H,4-5,11-12,14H2,(H,27,28);/q;+1/p-1. The molecular weight excluding hydrogens is 423 g/mol. The van der Waals surface area contributed by atoms with Crippen molar-refractivity contribution >= 4 is 23.2 Å². The molecule has 1 amide bonds. The molecular formula is C23H21N2NaO4S. The number of nitrogens with zero attached hydrogens (tertiary/aromatic N) is 2. The molecule has 1 aromatic heterocycles. The molecule has 154 valence electrons. The summed E-state index contributed by atoms with van der Waals surface area (Å²) in [6, 6.07) is 15.8. The van der Waals surface area contributed by atoms with Gasteiger partial charge in [-0.2, -0.15) is 0 Å². The first-order valence-electron chi connectivity index (χ1n) is 9.86. The summed E-state index contributed by atoms with van der Waals surface area (Å²) in [5.41, 5.74) is 1.55. The van der Waals surface area contributed by atoms with E-state index in [4.69, 9.17) is 9.72 Å².